The van der Waals surface area contributed by atoms with Crippen LogP contribution in [0.1, 0.15) is 11.1 Å². The lowest BCUT2D eigenvalue weighted by atomic mass is 9.91. The Labute approximate surface area is 119 Å². The van der Waals surface area contributed by atoms with Crippen LogP contribution >= 0.6 is 0 Å². The van der Waals surface area contributed by atoms with Gasteiger partial charge in [0.05, 0.1) is 5.56 Å². The van der Waals surface area contributed by atoms with Gasteiger partial charge in [-0.1, -0.05) is 36.4 Å². The van der Waals surface area contributed by atoms with E-state index in [4.69, 9.17) is 0 Å². The molecule has 0 fully saturated rings. The van der Waals surface area contributed by atoms with E-state index in [0.29, 0.717) is 10.8 Å². The number of halogens is 3. The Morgan fingerprint density at radius 2 is 1.29 bits per heavy atom. The molecule has 0 saturated carbocycles. The minimum atomic E-state index is -4.32. The average Bonchev–Trinajstić information content (AvgIpc) is 2.45. The molecule has 0 spiro atoms. The summed E-state index contributed by atoms with van der Waals surface area (Å²) in [5.41, 5.74) is 0.543. The van der Waals surface area contributed by atoms with E-state index in [2.05, 4.69) is 0 Å². The van der Waals surface area contributed by atoms with Crippen molar-refractivity contribution in [2.24, 2.45) is 0 Å². The molecule has 0 nitrogen and oxygen atoms in total. The molecule has 4 aromatic carbocycles. The SMILES string of the molecule is Cc1ccc2ccc3cc(C(F)(F)F)cc4ccc1c2c34. The minimum absolute atomic E-state index is 0.592. The van der Waals surface area contributed by atoms with E-state index < -0.39 is 11.7 Å². The topological polar surface area (TPSA) is 0 Å². The van der Waals surface area contributed by atoms with Crippen LogP contribution in [0.15, 0.2) is 48.5 Å². The van der Waals surface area contributed by atoms with Gasteiger partial charge in [0.2, 0.25) is 0 Å². The first kappa shape index (κ1) is 12.5. The summed E-state index contributed by atoms with van der Waals surface area (Å²) >= 11 is 0. The van der Waals surface area contributed by atoms with Crippen molar-refractivity contribution in [2.75, 3.05) is 0 Å². The average molecular weight is 284 g/mol. The molecule has 3 heteroatoms. The third-order valence-corrected chi connectivity index (χ3v) is 4.14. The summed E-state index contributed by atoms with van der Waals surface area (Å²) in [5.74, 6) is 0. The van der Waals surface area contributed by atoms with Gasteiger partial charge in [0.1, 0.15) is 0 Å². The lowest BCUT2D eigenvalue weighted by Gasteiger charge is -2.15. The Balaban J connectivity index is 2.26. The lowest BCUT2D eigenvalue weighted by molar-refractivity contribution is -0.137. The summed E-state index contributed by atoms with van der Waals surface area (Å²) < 4.78 is 39.0. The van der Waals surface area contributed by atoms with Gasteiger partial charge < -0.3 is 0 Å². The van der Waals surface area contributed by atoms with Crippen molar-refractivity contribution in [3.63, 3.8) is 0 Å². The number of hydrogen-bond donors (Lipinski definition) is 0. The summed E-state index contributed by atoms with van der Waals surface area (Å²) in [6.45, 7) is 2.02. The first-order valence-electron chi connectivity index (χ1n) is 6.70. The molecule has 0 radical (unpaired) electrons. The van der Waals surface area contributed by atoms with Gasteiger partial charge in [0, 0.05) is 0 Å². The monoisotopic (exact) mass is 284 g/mol. The van der Waals surface area contributed by atoms with Gasteiger partial charge in [-0.05, 0) is 56.9 Å². The highest BCUT2D eigenvalue weighted by molar-refractivity contribution is 6.23. The Kier molecular flexibility index (Phi) is 2.30. The van der Waals surface area contributed by atoms with Crippen molar-refractivity contribution in [1.29, 1.82) is 0 Å². The maximum absolute atomic E-state index is 13.0. The van der Waals surface area contributed by atoms with Gasteiger partial charge in [-0.3, -0.25) is 0 Å². The molecule has 0 aliphatic heterocycles. The summed E-state index contributed by atoms with van der Waals surface area (Å²) in [5, 5.41) is 5.42. The van der Waals surface area contributed by atoms with Crippen molar-refractivity contribution in [2.45, 2.75) is 13.1 Å². The molecule has 104 valence electrons. The largest absolute Gasteiger partial charge is 0.416 e. The van der Waals surface area contributed by atoms with Gasteiger partial charge in [-0.15, -0.1) is 0 Å². The van der Waals surface area contributed by atoms with Gasteiger partial charge in [-0.25, -0.2) is 0 Å². The van der Waals surface area contributed by atoms with Crippen LogP contribution in [0.2, 0.25) is 0 Å². The predicted octanol–water partition coefficient (Wildman–Crippen LogP) is 5.91. The number of benzene rings is 4. The minimum Gasteiger partial charge on any atom is -0.166 e. The van der Waals surface area contributed by atoms with Crippen molar-refractivity contribution in [3.8, 4) is 0 Å². The van der Waals surface area contributed by atoms with E-state index in [1.807, 2.05) is 31.2 Å². The Hall–Kier alpha value is -2.29. The molecule has 0 atom stereocenters. The molecule has 0 aliphatic rings. The van der Waals surface area contributed by atoms with Crippen molar-refractivity contribution in [1.82, 2.24) is 0 Å². The summed E-state index contributed by atoms with van der Waals surface area (Å²) in [6, 6.07) is 13.9. The van der Waals surface area contributed by atoms with Crippen LogP contribution in [-0.4, -0.2) is 0 Å². The van der Waals surface area contributed by atoms with Crippen LogP contribution in [-0.2, 0) is 6.18 Å². The summed E-state index contributed by atoms with van der Waals surface area (Å²) in [6.07, 6.45) is -4.32. The van der Waals surface area contributed by atoms with Crippen LogP contribution in [0.5, 0.6) is 0 Å². The van der Waals surface area contributed by atoms with E-state index in [0.717, 1.165) is 27.1 Å². The molecule has 0 aromatic heterocycles. The van der Waals surface area contributed by atoms with Gasteiger partial charge in [0.15, 0.2) is 0 Å². The maximum Gasteiger partial charge on any atom is 0.416 e. The quantitative estimate of drug-likeness (QED) is 0.352. The molecule has 0 unspecified atom stereocenters. The molecule has 0 N–H and O–H groups in total. The van der Waals surface area contributed by atoms with Crippen LogP contribution in [0.3, 0.4) is 0 Å². The molecule has 0 amide bonds. The van der Waals surface area contributed by atoms with Crippen LogP contribution < -0.4 is 0 Å². The highest BCUT2D eigenvalue weighted by Crippen LogP contribution is 2.39. The fraction of sp³-hybridized carbons (Fsp3) is 0.111. The second-order valence-corrected chi connectivity index (χ2v) is 5.45. The second-order valence-electron chi connectivity index (χ2n) is 5.45. The van der Waals surface area contributed by atoms with Crippen molar-refractivity contribution >= 4 is 32.3 Å². The van der Waals surface area contributed by atoms with Crippen molar-refractivity contribution < 1.29 is 13.2 Å². The maximum atomic E-state index is 13.0. The van der Waals surface area contributed by atoms with E-state index in [1.165, 1.54) is 12.1 Å². The smallest absolute Gasteiger partial charge is 0.166 e. The number of rotatable bonds is 0. The van der Waals surface area contributed by atoms with E-state index in [9.17, 15) is 13.2 Å². The molecular weight excluding hydrogens is 273 g/mol. The summed E-state index contributed by atoms with van der Waals surface area (Å²) in [4.78, 5) is 0. The molecule has 0 saturated heterocycles. The molecule has 0 bridgehead atoms. The fourth-order valence-corrected chi connectivity index (χ4v) is 3.13. The molecule has 4 aromatic rings. The van der Waals surface area contributed by atoms with Gasteiger partial charge in [0.25, 0.3) is 0 Å². The Bertz CT molecular complexity index is 962. The normalized spacial score (nSPS) is 12.8. The Morgan fingerprint density at radius 1 is 0.714 bits per heavy atom. The molecule has 4 rings (SSSR count). The lowest BCUT2D eigenvalue weighted by Crippen LogP contribution is -2.04. The van der Waals surface area contributed by atoms with Crippen LogP contribution in [0.4, 0.5) is 13.2 Å². The molecular formula is C18H11F3. The van der Waals surface area contributed by atoms with Gasteiger partial charge >= 0.3 is 6.18 Å². The predicted molar refractivity (Wildman–Crippen MR) is 79.9 cm³/mol. The molecule has 0 aliphatic carbocycles. The summed E-state index contributed by atoms with van der Waals surface area (Å²) in [7, 11) is 0. The third kappa shape index (κ3) is 1.70. The standard InChI is InChI=1S/C18H11F3/c1-10-2-3-11-4-5-12-8-14(18(19,20)21)9-13-6-7-15(10)17(11)16(12)13/h2-9H,1H3. The zero-order chi connectivity index (χ0) is 14.8. The number of aryl methyl sites for hydroxylation is 1. The second kappa shape index (κ2) is 3.88. The third-order valence-electron chi connectivity index (χ3n) is 4.14. The van der Waals surface area contributed by atoms with E-state index >= 15 is 0 Å². The molecule has 0 heterocycles. The van der Waals surface area contributed by atoms with Crippen LogP contribution in [0, 0.1) is 6.92 Å². The number of hydrogen-bond acceptors (Lipinski definition) is 0. The molecule has 21 heavy (non-hydrogen) atoms. The highest BCUT2D eigenvalue weighted by Gasteiger charge is 2.31. The number of alkyl halides is 3. The first-order valence-corrected chi connectivity index (χ1v) is 6.70. The zero-order valence-corrected chi connectivity index (χ0v) is 11.3. The first-order chi connectivity index (χ1) is 9.95. The van der Waals surface area contributed by atoms with E-state index in [-0.39, 0.29) is 0 Å². The van der Waals surface area contributed by atoms with E-state index in [1.54, 1.807) is 12.1 Å². The fourth-order valence-electron chi connectivity index (χ4n) is 3.13. The van der Waals surface area contributed by atoms with Gasteiger partial charge in [-0.2, -0.15) is 13.2 Å². The Morgan fingerprint density at radius 3 is 1.95 bits per heavy atom. The van der Waals surface area contributed by atoms with Crippen molar-refractivity contribution in [3.05, 3.63) is 59.7 Å². The zero-order valence-electron chi connectivity index (χ0n) is 11.3. The highest BCUT2D eigenvalue weighted by atomic mass is 19.4. The van der Waals surface area contributed by atoms with Crippen LogP contribution in [0.25, 0.3) is 32.3 Å².